The average Bonchev–Trinajstić information content (AvgIpc) is 1.98. The van der Waals surface area contributed by atoms with Gasteiger partial charge in [0.05, 0.1) is 0 Å². The first-order valence-electron chi connectivity index (χ1n) is 3.53. The Morgan fingerprint density at radius 2 is 2.08 bits per heavy atom. The first-order valence-corrected chi connectivity index (χ1v) is 3.53. The summed E-state index contributed by atoms with van der Waals surface area (Å²) >= 11 is 0. The molecule has 0 saturated heterocycles. The van der Waals surface area contributed by atoms with Crippen LogP contribution in [0.1, 0.15) is 13.3 Å². The SMILES string of the molecule is CCC#CC(=O)N(C)CC(=O)O. The largest absolute Gasteiger partial charge is 0.480 e. The van der Waals surface area contributed by atoms with Crippen molar-refractivity contribution in [2.75, 3.05) is 13.6 Å². The van der Waals surface area contributed by atoms with Gasteiger partial charge in [-0.3, -0.25) is 9.59 Å². The van der Waals surface area contributed by atoms with E-state index < -0.39 is 11.9 Å². The number of carbonyl (C=O) groups excluding carboxylic acids is 1. The van der Waals surface area contributed by atoms with Crippen LogP contribution in [0.2, 0.25) is 0 Å². The molecule has 0 aliphatic carbocycles. The van der Waals surface area contributed by atoms with Gasteiger partial charge in [0, 0.05) is 13.5 Å². The lowest BCUT2D eigenvalue weighted by atomic mass is 10.4. The van der Waals surface area contributed by atoms with Crippen LogP contribution in [0.3, 0.4) is 0 Å². The Labute approximate surface area is 71.2 Å². The summed E-state index contributed by atoms with van der Waals surface area (Å²) < 4.78 is 0. The van der Waals surface area contributed by atoms with Crippen molar-refractivity contribution in [3.63, 3.8) is 0 Å². The van der Waals surface area contributed by atoms with Crippen LogP contribution in [0.15, 0.2) is 0 Å². The maximum Gasteiger partial charge on any atom is 0.323 e. The molecular formula is C8H11NO3. The molecule has 0 radical (unpaired) electrons. The summed E-state index contributed by atoms with van der Waals surface area (Å²) in [4.78, 5) is 22.1. The maximum atomic E-state index is 10.9. The third-order valence-electron chi connectivity index (χ3n) is 1.09. The average molecular weight is 169 g/mol. The van der Waals surface area contributed by atoms with Gasteiger partial charge < -0.3 is 10.0 Å². The molecular weight excluding hydrogens is 158 g/mol. The first-order chi connectivity index (χ1) is 5.57. The molecule has 4 heteroatoms. The van der Waals surface area contributed by atoms with Crippen LogP contribution in [0.4, 0.5) is 0 Å². The van der Waals surface area contributed by atoms with E-state index in [0.717, 1.165) is 4.90 Å². The summed E-state index contributed by atoms with van der Waals surface area (Å²) in [6.07, 6.45) is 0.590. The second kappa shape index (κ2) is 5.19. The molecule has 4 nitrogen and oxygen atoms in total. The number of nitrogens with zero attached hydrogens (tertiary/aromatic N) is 1. The number of amides is 1. The Bertz CT molecular complexity index is 236. The Morgan fingerprint density at radius 1 is 1.50 bits per heavy atom. The van der Waals surface area contributed by atoms with Crippen molar-refractivity contribution in [3.05, 3.63) is 0 Å². The molecule has 66 valence electrons. The van der Waals surface area contributed by atoms with E-state index in [1.807, 2.05) is 6.92 Å². The van der Waals surface area contributed by atoms with Crippen molar-refractivity contribution < 1.29 is 14.7 Å². The monoisotopic (exact) mass is 169 g/mol. The molecule has 0 aliphatic rings. The Morgan fingerprint density at radius 3 is 2.50 bits per heavy atom. The van der Waals surface area contributed by atoms with Gasteiger partial charge in [-0.15, -0.1) is 0 Å². The van der Waals surface area contributed by atoms with Gasteiger partial charge in [0.1, 0.15) is 6.54 Å². The van der Waals surface area contributed by atoms with Crippen LogP contribution < -0.4 is 0 Å². The normalized spacial score (nSPS) is 8.17. The Balaban J connectivity index is 4.01. The quantitative estimate of drug-likeness (QED) is 0.589. The molecule has 0 saturated carbocycles. The highest BCUT2D eigenvalue weighted by Gasteiger charge is 2.08. The van der Waals surface area contributed by atoms with Gasteiger partial charge >= 0.3 is 5.97 Å². The van der Waals surface area contributed by atoms with Crippen LogP contribution in [-0.4, -0.2) is 35.5 Å². The molecule has 0 atom stereocenters. The van der Waals surface area contributed by atoms with Gasteiger partial charge in [0.15, 0.2) is 0 Å². The highest BCUT2D eigenvalue weighted by Crippen LogP contribution is 1.83. The molecule has 1 N–H and O–H groups in total. The van der Waals surface area contributed by atoms with Gasteiger partial charge in [0.2, 0.25) is 0 Å². The molecule has 0 unspecified atom stereocenters. The zero-order valence-corrected chi connectivity index (χ0v) is 7.13. The van der Waals surface area contributed by atoms with Crippen LogP contribution in [-0.2, 0) is 9.59 Å². The van der Waals surface area contributed by atoms with E-state index in [2.05, 4.69) is 11.8 Å². The predicted molar refractivity (Wildman–Crippen MR) is 43.3 cm³/mol. The number of rotatable bonds is 2. The van der Waals surface area contributed by atoms with Crippen molar-refractivity contribution in [1.82, 2.24) is 4.90 Å². The standard InChI is InChI=1S/C8H11NO3/c1-3-4-5-7(10)9(2)6-8(11)12/h3,6H2,1-2H3,(H,11,12). The molecule has 12 heavy (non-hydrogen) atoms. The second-order valence-electron chi connectivity index (χ2n) is 2.21. The van der Waals surface area contributed by atoms with E-state index >= 15 is 0 Å². The van der Waals surface area contributed by atoms with Gasteiger partial charge in [-0.05, 0) is 5.92 Å². The molecule has 0 spiro atoms. The fraction of sp³-hybridized carbons (Fsp3) is 0.500. The molecule has 0 heterocycles. The Kier molecular flexibility index (Phi) is 4.54. The second-order valence-corrected chi connectivity index (χ2v) is 2.21. The van der Waals surface area contributed by atoms with E-state index in [9.17, 15) is 9.59 Å². The number of carboxylic acids is 1. The van der Waals surface area contributed by atoms with Crippen LogP contribution in [0, 0.1) is 11.8 Å². The van der Waals surface area contributed by atoms with Crippen molar-refractivity contribution in [3.8, 4) is 11.8 Å². The molecule has 0 aromatic carbocycles. The van der Waals surface area contributed by atoms with E-state index in [4.69, 9.17) is 5.11 Å². The lowest BCUT2D eigenvalue weighted by Crippen LogP contribution is -2.30. The van der Waals surface area contributed by atoms with Crippen molar-refractivity contribution >= 4 is 11.9 Å². The van der Waals surface area contributed by atoms with Crippen molar-refractivity contribution in [1.29, 1.82) is 0 Å². The lowest BCUT2D eigenvalue weighted by Gasteiger charge is -2.09. The molecule has 0 aromatic rings. The minimum atomic E-state index is -1.04. The smallest absolute Gasteiger partial charge is 0.323 e. The third kappa shape index (κ3) is 4.34. The topological polar surface area (TPSA) is 57.6 Å². The summed E-state index contributed by atoms with van der Waals surface area (Å²) in [7, 11) is 1.40. The van der Waals surface area contributed by atoms with Gasteiger partial charge in [-0.1, -0.05) is 12.8 Å². The fourth-order valence-electron chi connectivity index (χ4n) is 0.534. The van der Waals surface area contributed by atoms with E-state index in [0.29, 0.717) is 6.42 Å². The molecule has 0 aliphatic heterocycles. The number of hydrogen-bond acceptors (Lipinski definition) is 2. The summed E-state index contributed by atoms with van der Waals surface area (Å²) in [5.41, 5.74) is 0. The number of carboxylic acid groups (broad SMARTS) is 1. The highest BCUT2D eigenvalue weighted by atomic mass is 16.4. The van der Waals surface area contributed by atoms with E-state index in [1.54, 1.807) is 0 Å². The van der Waals surface area contributed by atoms with E-state index in [-0.39, 0.29) is 6.54 Å². The van der Waals surface area contributed by atoms with Crippen LogP contribution in [0.25, 0.3) is 0 Å². The fourth-order valence-corrected chi connectivity index (χ4v) is 0.534. The van der Waals surface area contributed by atoms with E-state index in [1.165, 1.54) is 7.05 Å². The zero-order valence-electron chi connectivity index (χ0n) is 7.13. The van der Waals surface area contributed by atoms with Crippen LogP contribution >= 0.6 is 0 Å². The van der Waals surface area contributed by atoms with Crippen molar-refractivity contribution in [2.45, 2.75) is 13.3 Å². The predicted octanol–water partition coefficient (Wildman–Crippen LogP) is -0.0572. The molecule has 0 bridgehead atoms. The Hall–Kier alpha value is -1.50. The molecule has 0 rings (SSSR count). The van der Waals surface area contributed by atoms with Crippen molar-refractivity contribution in [2.24, 2.45) is 0 Å². The summed E-state index contributed by atoms with van der Waals surface area (Å²) in [6, 6.07) is 0. The number of carbonyl (C=O) groups is 2. The highest BCUT2D eigenvalue weighted by molar-refractivity contribution is 5.94. The van der Waals surface area contributed by atoms with Gasteiger partial charge in [-0.2, -0.15) is 0 Å². The molecule has 1 amide bonds. The molecule has 0 aromatic heterocycles. The summed E-state index contributed by atoms with van der Waals surface area (Å²) in [6.45, 7) is 1.51. The minimum Gasteiger partial charge on any atom is -0.480 e. The number of aliphatic carboxylic acids is 1. The minimum absolute atomic E-state index is 0.308. The molecule has 0 fully saturated rings. The van der Waals surface area contributed by atoms with Crippen LogP contribution in [0.5, 0.6) is 0 Å². The maximum absolute atomic E-state index is 10.9. The summed E-state index contributed by atoms with van der Waals surface area (Å²) in [5, 5.41) is 8.32. The third-order valence-corrected chi connectivity index (χ3v) is 1.09. The number of likely N-dealkylation sites (N-methyl/N-ethyl adjacent to an activating group) is 1. The van der Waals surface area contributed by atoms with Gasteiger partial charge in [0.25, 0.3) is 5.91 Å². The summed E-state index contributed by atoms with van der Waals surface area (Å²) in [5.74, 6) is 3.38. The van der Waals surface area contributed by atoms with Gasteiger partial charge in [-0.25, -0.2) is 0 Å². The first kappa shape index (κ1) is 10.5. The lowest BCUT2D eigenvalue weighted by molar-refractivity contribution is -0.141. The zero-order chi connectivity index (χ0) is 9.56. The number of hydrogen-bond donors (Lipinski definition) is 1.